The minimum atomic E-state index is 0.294. The van der Waals surface area contributed by atoms with Gasteiger partial charge in [0.05, 0.1) is 0 Å². The van der Waals surface area contributed by atoms with Gasteiger partial charge in [0.15, 0.2) is 5.17 Å². The first kappa shape index (κ1) is 10.9. The third-order valence-corrected chi connectivity index (χ3v) is 2.49. The van der Waals surface area contributed by atoms with Gasteiger partial charge in [0.2, 0.25) is 0 Å². The molecule has 2 N–H and O–H groups in total. The fraction of sp³-hybridized carbons (Fsp3) is 0.300. The van der Waals surface area contributed by atoms with Crippen molar-refractivity contribution in [3.63, 3.8) is 0 Å². The summed E-state index contributed by atoms with van der Waals surface area (Å²) in [4.78, 5) is 4.06. The molecule has 0 fully saturated rings. The third kappa shape index (κ3) is 3.30. The summed E-state index contributed by atoms with van der Waals surface area (Å²) in [6.07, 6.45) is 1.98. The number of aromatic hydroxyl groups is 1. The highest BCUT2D eigenvalue weighted by molar-refractivity contribution is 8.13. The highest BCUT2D eigenvalue weighted by atomic mass is 32.2. The molecule has 1 rings (SSSR count). The van der Waals surface area contributed by atoms with Crippen LogP contribution in [0.4, 0.5) is 0 Å². The number of phenolic OH excluding ortho intramolecular Hbond substituents is 1. The summed E-state index contributed by atoms with van der Waals surface area (Å²) in [5.74, 6) is 0.294. The Morgan fingerprint density at radius 2 is 2.07 bits per heavy atom. The van der Waals surface area contributed by atoms with Crippen LogP contribution in [0.5, 0.6) is 5.75 Å². The number of hydrogen-bond donors (Lipinski definition) is 2. The number of aliphatic imine (C=N–C) groups is 1. The SMILES string of the molecule is CN=C(NCc1ccc(O)cc1)SC. The van der Waals surface area contributed by atoms with E-state index < -0.39 is 0 Å². The maximum absolute atomic E-state index is 9.08. The van der Waals surface area contributed by atoms with E-state index in [2.05, 4.69) is 10.3 Å². The van der Waals surface area contributed by atoms with Gasteiger partial charge in [-0.2, -0.15) is 0 Å². The molecule has 0 bridgehead atoms. The number of hydrogen-bond acceptors (Lipinski definition) is 3. The van der Waals surface area contributed by atoms with Gasteiger partial charge in [0, 0.05) is 13.6 Å². The standard InChI is InChI=1S/C10H14N2OS/c1-11-10(14-2)12-7-8-3-5-9(13)6-4-8/h3-6,13H,7H2,1-2H3,(H,11,12). The molecule has 3 nitrogen and oxygen atoms in total. The number of phenols is 1. The minimum Gasteiger partial charge on any atom is -0.508 e. The summed E-state index contributed by atoms with van der Waals surface area (Å²) in [6.45, 7) is 0.730. The molecular formula is C10H14N2OS. The van der Waals surface area contributed by atoms with Crippen molar-refractivity contribution in [3.05, 3.63) is 29.8 Å². The second-order valence-corrected chi connectivity index (χ2v) is 3.55. The monoisotopic (exact) mass is 210 g/mol. The number of thioether (sulfide) groups is 1. The Morgan fingerprint density at radius 3 is 2.57 bits per heavy atom. The smallest absolute Gasteiger partial charge is 0.156 e. The molecule has 0 atom stereocenters. The summed E-state index contributed by atoms with van der Waals surface area (Å²) in [6, 6.07) is 7.13. The maximum atomic E-state index is 9.08. The Labute approximate surface area is 88.3 Å². The van der Waals surface area contributed by atoms with Gasteiger partial charge >= 0.3 is 0 Å². The van der Waals surface area contributed by atoms with Crippen LogP contribution >= 0.6 is 11.8 Å². The van der Waals surface area contributed by atoms with Crippen molar-refractivity contribution in [2.45, 2.75) is 6.54 Å². The van der Waals surface area contributed by atoms with E-state index in [0.29, 0.717) is 5.75 Å². The first-order valence-corrected chi connectivity index (χ1v) is 5.51. The maximum Gasteiger partial charge on any atom is 0.156 e. The zero-order chi connectivity index (χ0) is 10.4. The summed E-state index contributed by atoms with van der Waals surface area (Å²) >= 11 is 1.58. The Bertz CT molecular complexity index is 308. The molecule has 76 valence electrons. The lowest BCUT2D eigenvalue weighted by Gasteiger charge is -2.06. The molecule has 1 aromatic carbocycles. The molecule has 0 heterocycles. The number of amidine groups is 1. The predicted octanol–water partition coefficient (Wildman–Crippen LogP) is 1.83. The lowest BCUT2D eigenvalue weighted by Crippen LogP contribution is -2.19. The van der Waals surface area contributed by atoms with Crippen LogP contribution in [-0.4, -0.2) is 23.6 Å². The van der Waals surface area contributed by atoms with Crippen LogP contribution in [-0.2, 0) is 6.54 Å². The average molecular weight is 210 g/mol. The van der Waals surface area contributed by atoms with Gasteiger partial charge in [-0.25, -0.2) is 0 Å². The van der Waals surface area contributed by atoms with Gasteiger partial charge in [0.25, 0.3) is 0 Å². The minimum absolute atomic E-state index is 0.294. The fourth-order valence-electron chi connectivity index (χ4n) is 1.03. The summed E-state index contributed by atoms with van der Waals surface area (Å²) in [5, 5.41) is 13.2. The van der Waals surface area contributed by atoms with E-state index in [1.807, 2.05) is 18.4 Å². The van der Waals surface area contributed by atoms with Gasteiger partial charge in [-0.15, -0.1) is 0 Å². The molecule has 0 aliphatic carbocycles. The Hall–Kier alpha value is -1.16. The van der Waals surface area contributed by atoms with Crippen LogP contribution in [0.25, 0.3) is 0 Å². The molecule has 0 amide bonds. The van der Waals surface area contributed by atoms with Crippen molar-refractivity contribution in [1.29, 1.82) is 0 Å². The van der Waals surface area contributed by atoms with E-state index in [4.69, 9.17) is 5.11 Å². The van der Waals surface area contributed by atoms with Crippen LogP contribution in [0.15, 0.2) is 29.3 Å². The second kappa shape index (κ2) is 5.54. The van der Waals surface area contributed by atoms with Crippen molar-refractivity contribution in [1.82, 2.24) is 5.32 Å². The van der Waals surface area contributed by atoms with Crippen molar-refractivity contribution in [3.8, 4) is 5.75 Å². The highest BCUT2D eigenvalue weighted by Gasteiger charge is 1.96. The molecule has 0 spiro atoms. The Balaban J connectivity index is 2.49. The van der Waals surface area contributed by atoms with E-state index in [9.17, 15) is 0 Å². The van der Waals surface area contributed by atoms with Gasteiger partial charge in [-0.3, -0.25) is 4.99 Å². The molecule has 0 unspecified atom stereocenters. The first-order chi connectivity index (χ1) is 6.76. The van der Waals surface area contributed by atoms with E-state index in [1.165, 1.54) is 0 Å². The second-order valence-electron chi connectivity index (χ2n) is 2.75. The Morgan fingerprint density at radius 1 is 1.43 bits per heavy atom. The predicted molar refractivity (Wildman–Crippen MR) is 61.8 cm³/mol. The summed E-state index contributed by atoms with van der Waals surface area (Å²) in [7, 11) is 1.76. The molecule has 0 aliphatic rings. The number of benzene rings is 1. The van der Waals surface area contributed by atoms with Crippen LogP contribution < -0.4 is 5.32 Å². The highest BCUT2D eigenvalue weighted by Crippen LogP contribution is 2.09. The summed E-state index contributed by atoms with van der Waals surface area (Å²) < 4.78 is 0. The van der Waals surface area contributed by atoms with Gasteiger partial charge in [0.1, 0.15) is 5.75 Å². The number of rotatable bonds is 2. The average Bonchev–Trinajstić information content (AvgIpc) is 2.22. The molecule has 0 saturated heterocycles. The normalized spacial score (nSPS) is 11.4. The van der Waals surface area contributed by atoms with Crippen LogP contribution in [0.1, 0.15) is 5.56 Å². The molecule has 14 heavy (non-hydrogen) atoms. The molecule has 0 aromatic heterocycles. The van der Waals surface area contributed by atoms with Gasteiger partial charge in [-0.1, -0.05) is 23.9 Å². The van der Waals surface area contributed by atoms with Crippen molar-refractivity contribution in [2.75, 3.05) is 13.3 Å². The quantitative estimate of drug-likeness (QED) is 0.578. The van der Waals surface area contributed by atoms with Crippen molar-refractivity contribution in [2.24, 2.45) is 4.99 Å². The molecule has 4 heteroatoms. The zero-order valence-corrected chi connectivity index (χ0v) is 9.14. The largest absolute Gasteiger partial charge is 0.508 e. The van der Waals surface area contributed by atoms with Crippen molar-refractivity contribution >= 4 is 16.9 Å². The van der Waals surface area contributed by atoms with Crippen LogP contribution in [0.3, 0.4) is 0 Å². The van der Waals surface area contributed by atoms with Crippen LogP contribution in [0, 0.1) is 0 Å². The summed E-state index contributed by atoms with van der Waals surface area (Å²) in [5.41, 5.74) is 1.12. The molecule has 0 radical (unpaired) electrons. The molecule has 1 aromatic rings. The third-order valence-electron chi connectivity index (χ3n) is 1.78. The lowest BCUT2D eigenvalue weighted by atomic mass is 10.2. The topological polar surface area (TPSA) is 44.6 Å². The zero-order valence-electron chi connectivity index (χ0n) is 8.32. The number of nitrogens with zero attached hydrogens (tertiary/aromatic N) is 1. The number of nitrogens with one attached hydrogen (secondary N) is 1. The molecular weight excluding hydrogens is 196 g/mol. The van der Waals surface area contributed by atoms with E-state index in [0.717, 1.165) is 17.3 Å². The van der Waals surface area contributed by atoms with Gasteiger partial charge < -0.3 is 10.4 Å². The Kier molecular flexibility index (Phi) is 4.32. The van der Waals surface area contributed by atoms with Crippen LogP contribution in [0.2, 0.25) is 0 Å². The fourth-order valence-corrected chi connectivity index (χ4v) is 1.43. The van der Waals surface area contributed by atoms with E-state index in [1.54, 1.807) is 30.9 Å². The first-order valence-electron chi connectivity index (χ1n) is 4.29. The lowest BCUT2D eigenvalue weighted by molar-refractivity contribution is 0.475. The molecule has 0 saturated carbocycles. The van der Waals surface area contributed by atoms with E-state index in [-0.39, 0.29) is 0 Å². The van der Waals surface area contributed by atoms with Gasteiger partial charge in [-0.05, 0) is 24.0 Å². The van der Waals surface area contributed by atoms with Crippen molar-refractivity contribution < 1.29 is 5.11 Å². The molecule has 0 aliphatic heterocycles. The van der Waals surface area contributed by atoms with E-state index >= 15 is 0 Å².